The lowest BCUT2D eigenvalue weighted by Crippen LogP contribution is -1.66. The standard InChI is InChI=1S/C7H12/c1-2-3-4-7-5-6-7/h5H,2-4,6H2,1H3. The quantitative estimate of drug-likeness (QED) is 0.473. The van der Waals surface area contributed by atoms with E-state index < -0.39 is 0 Å². The van der Waals surface area contributed by atoms with Crippen LogP contribution in [-0.4, -0.2) is 0 Å². The Balaban J connectivity index is 1.89. The second-order valence-corrected chi connectivity index (χ2v) is 2.17. The van der Waals surface area contributed by atoms with Gasteiger partial charge in [0.1, 0.15) is 0 Å². The van der Waals surface area contributed by atoms with E-state index in [0.29, 0.717) is 0 Å². The summed E-state index contributed by atoms with van der Waals surface area (Å²) >= 11 is 0. The third kappa shape index (κ3) is 1.77. The summed E-state index contributed by atoms with van der Waals surface area (Å²) in [4.78, 5) is 0. The van der Waals surface area contributed by atoms with E-state index >= 15 is 0 Å². The van der Waals surface area contributed by atoms with E-state index in [1.165, 1.54) is 25.7 Å². The number of hydrogen-bond acceptors (Lipinski definition) is 0. The molecule has 0 atom stereocenters. The van der Waals surface area contributed by atoms with Crippen molar-refractivity contribution in [2.75, 3.05) is 0 Å². The van der Waals surface area contributed by atoms with Crippen LogP contribution < -0.4 is 0 Å². The van der Waals surface area contributed by atoms with Crippen molar-refractivity contribution >= 4 is 0 Å². The highest BCUT2D eigenvalue weighted by Gasteiger charge is 2.03. The molecule has 40 valence electrons. The molecular formula is C7H12. The van der Waals surface area contributed by atoms with Crippen LogP contribution in [0.4, 0.5) is 0 Å². The lowest BCUT2D eigenvalue weighted by Gasteiger charge is -1.85. The van der Waals surface area contributed by atoms with Gasteiger partial charge in [-0.3, -0.25) is 0 Å². The lowest BCUT2D eigenvalue weighted by molar-refractivity contribution is 0.799. The molecule has 0 aromatic heterocycles. The molecular weight excluding hydrogens is 84.1 g/mol. The minimum absolute atomic E-state index is 1.32. The summed E-state index contributed by atoms with van der Waals surface area (Å²) in [6.45, 7) is 2.24. The van der Waals surface area contributed by atoms with E-state index in [1.807, 2.05) is 0 Å². The monoisotopic (exact) mass is 96.1 g/mol. The largest absolute Gasteiger partial charge is 0.0810 e. The van der Waals surface area contributed by atoms with Crippen LogP contribution in [-0.2, 0) is 0 Å². The summed E-state index contributed by atoms with van der Waals surface area (Å²) in [6, 6.07) is 0. The fourth-order valence-electron chi connectivity index (χ4n) is 0.680. The maximum absolute atomic E-state index is 2.32. The molecule has 0 spiro atoms. The maximum Gasteiger partial charge on any atom is -0.0136 e. The van der Waals surface area contributed by atoms with Gasteiger partial charge in [-0.05, 0) is 19.3 Å². The molecule has 0 heterocycles. The minimum Gasteiger partial charge on any atom is -0.0810 e. The highest BCUT2D eigenvalue weighted by atomic mass is 14.1. The lowest BCUT2D eigenvalue weighted by atomic mass is 10.2. The van der Waals surface area contributed by atoms with Gasteiger partial charge in [0.25, 0.3) is 0 Å². The van der Waals surface area contributed by atoms with Crippen molar-refractivity contribution in [3.63, 3.8) is 0 Å². The van der Waals surface area contributed by atoms with Crippen molar-refractivity contribution < 1.29 is 0 Å². The first-order valence-corrected chi connectivity index (χ1v) is 3.11. The Morgan fingerprint density at radius 1 is 1.71 bits per heavy atom. The SMILES string of the molecule is CCCCC1=CC1. The van der Waals surface area contributed by atoms with E-state index in [9.17, 15) is 0 Å². The number of rotatable bonds is 3. The van der Waals surface area contributed by atoms with E-state index in [2.05, 4.69) is 13.0 Å². The second kappa shape index (κ2) is 2.15. The van der Waals surface area contributed by atoms with E-state index in [4.69, 9.17) is 0 Å². The predicted molar refractivity (Wildman–Crippen MR) is 32.2 cm³/mol. The Kier molecular flexibility index (Phi) is 1.50. The summed E-state index contributed by atoms with van der Waals surface area (Å²) in [6.07, 6.45) is 7.75. The van der Waals surface area contributed by atoms with Crippen molar-refractivity contribution in [3.8, 4) is 0 Å². The average Bonchev–Trinajstić information content (AvgIpc) is 2.42. The van der Waals surface area contributed by atoms with Crippen LogP contribution in [0.15, 0.2) is 11.6 Å². The van der Waals surface area contributed by atoms with Crippen molar-refractivity contribution in [1.82, 2.24) is 0 Å². The average molecular weight is 96.2 g/mol. The molecule has 0 saturated carbocycles. The Morgan fingerprint density at radius 2 is 2.43 bits per heavy atom. The Labute approximate surface area is 45.2 Å². The molecule has 1 aliphatic carbocycles. The molecule has 0 N–H and O–H groups in total. The van der Waals surface area contributed by atoms with Gasteiger partial charge in [0, 0.05) is 0 Å². The highest BCUT2D eigenvalue weighted by Crippen LogP contribution is 2.23. The number of hydrogen-bond donors (Lipinski definition) is 0. The Hall–Kier alpha value is -0.260. The van der Waals surface area contributed by atoms with Gasteiger partial charge in [-0.15, -0.1) is 0 Å². The van der Waals surface area contributed by atoms with Crippen molar-refractivity contribution in [2.45, 2.75) is 32.6 Å². The van der Waals surface area contributed by atoms with Crippen LogP contribution in [0.1, 0.15) is 32.6 Å². The molecule has 1 rings (SSSR count). The zero-order chi connectivity index (χ0) is 5.11. The van der Waals surface area contributed by atoms with Gasteiger partial charge in [0.2, 0.25) is 0 Å². The van der Waals surface area contributed by atoms with Gasteiger partial charge < -0.3 is 0 Å². The first-order chi connectivity index (χ1) is 3.43. The van der Waals surface area contributed by atoms with Crippen molar-refractivity contribution in [2.24, 2.45) is 0 Å². The van der Waals surface area contributed by atoms with Crippen LogP contribution in [0.25, 0.3) is 0 Å². The summed E-state index contributed by atoms with van der Waals surface area (Å²) in [5, 5.41) is 0. The van der Waals surface area contributed by atoms with Crippen LogP contribution >= 0.6 is 0 Å². The molecule has 0 amide bonds. The van der Waals surface area contributed by atoms with Crippen molar-refractivity contribution in [3.05, 3.63) is 11.6 Å². The number of allylic oxidation sites excluding steroid dienone is 2. The van der Waals surface area contributed by atoms with Crippen LogP contribution in [0.3, 0.4) is 0 Å². The Bertz CT molecular complexity index is 80.0. The molecule has 0 nitrogen and oxygen atoms in total. The summed E-state index contributed by atoms with van der Waals surface area (Å²) in [7, 11) is 0. The topological polar surface area (TPSA) is 0 Å². The third-order valence-corrected chi connectivity index (χ3v) is 1.34. The van der Waals surface area contributed by atoms with E-state index in [1.54, 1.807) is 5.57 Å². The zero-order valence-corrected chi connectivity index (χ0v) is 4.91. The van der Waals surface area contributed by atoms with Gasteiger partial charge in [-0.25, -0.2) is 0 Å². The molecule has 0 heteroatoms. The third-order valence-electron chi connectivity index (χ3n) is 1.34. The first kappa shape index (κ1) is 4.89. The fourth-order valence-corrected chi connectivity index (χ4v) is 0.680. The fraction of sp³-hybridized carbons (Fsp3) is 0.714. The second-order valence-electron chi connectivity index (χ2n) is 2.17. The van der Waals surface area contributed by atoms with E-state index in [-0.39, 0.29) is 0 Å². The van der Waals surface area contributed by atoms with Crippen LogP contribution in [0.2, 0.25) is 0 Å². The molecule has 0 aliphatic heterocycles. The molecule has 1 aliphatic rings. The number of unbranched alkanes of at least 4 members (excludes halogenated alkanes) is 1. The summed E-state index contributed by atoms with van der Waals surface area (Å²) in [5.41, 5.74) is 1.68. The Morgan fingerprint density at radius 3 is 2.86 bits per heavy atom. The summed E-state index contributed by atoms with van der Waals surface area (Å²) in [5.74, 6) is 0. The normalized spacial score (nSPS) is 16.4. The molecule has 0 aromatic carbocycles. The van der Waals surface area contributed by atoms with Gasteiger partial charge in [-0.1, -0.05) is 25.0 Å². The zero-order valence-electron chi connectivity index (χ0n) is 4.91. The smallest absolute Gasteiger partial charge is 0.0136 e. The molecule has 0 fully saturated rings. The molecule has 0 radical (unpaired) electrons. The van der Waals surface area contributed by atoms with E-state index in [0.717, 1.165) is 0 Å². The molecule has 0 bridgehead atoms. The van der Waals surface area contributed by atoms with Crippen LogP contribution in [0, 0.1) is 0 Å². The van der Waals surface area contributed by atoms with Crippen molar-refractivity contribution in [1.29, 1.82) is 0 Å². The van der Waals surface area contributed by atoms with Gasteiger partial charge in [-0.2, -0.15) is 0 Å². The molecule has 0 saturated heterocycles. The van der Waals surface area contributed by atoms with Crippen LogP contribution in [0.5, 0.6) is 0 Å². The maximum atomic E-state index is 2.32. The summed E-state index contributed by atoms with van der Waals surface area (Å²) < 4.78 is 0. The molecule has 7 heavy (non-hydrogen) atoms. The molecule has 0 unspecified atom stereocenters. The van der Waals surface area contributed by atoms with Gasteiger partial charge in [0.05, 0.1) is 0 Å². The van der Waals surface area contributed by atoms with Gasteiger partial charge in [0.15, 0.2) is 0 Å². The first-order valence-electron chi connectivity index (χ1n) is 3.11. The highest BCUT2D eigenvalue weighted by molar-refractivity contribution is 5.21. The molecule has 0 aromatic rings. The minimum atomic E-state index is 1.32. The van der Waals surface area contributed by atoms with Gasteiger partial charge >= 0.3 is 0 Å². The predicted octanol–water partition coefficient (Wildman–Crippen LogP) is 2.51.